The van der Waals surface area contributed by atoms with E-state index >= 15 is 0 Å². The Balaban J connectivity index is 1.95. The quantitative estimate of drug-likeness (QED) is 0.857. The Morgan fingerprint density at radius 2 is 2.35 bits per heavy atom. The van der Waals surface area contributed by atoms with Gasteiger partial charge in [0.15, 0.2) is 0 Å². The fourth-order valence-electron chi connectivity index (χ4n) is 1.76. The highest BCUT2D eigenvalue weighted by Crippen LogP contribution is 2.15. The summed E-state index contributed by atoms with van der Waals surface area (Å²) in [6.07, 6.45) is 4.11. The van der Waals surface area contributed by atoms with E-state index in [9.17, 15) is 0 Å². The van der Waals surface area contributed by atoms with E-state index in [1.54, 1.807) is 12.3 Å². The van der Waals surface area contributed by atoms with E-state index in [2.05, 4.69) is 15.3 Å². The lowest BCUT2D eigenvalue weighted by molar-refractivity contribution is 0.149. The Labute approximate surface area is 102 Å². The van der Waals surface area contributed by atoms with E-state index in [4.69, 9.17) is 9.47 Å². The largest absolute Gasteiger partial charge is 0.475 e. The Kier molecular flexibility index (Phi) is 4.14. The lowest BCUT2D eigenvalue weighted by atomic mass is 10.1. The van der Waals surface area contributed by atoms with Crippen LogP contribution < -0.4 is 14.8 Å². The molecule has 2 heterocycles. The van der Waals surface area contributed by atoms with Crippen LogP contribution in [0.2, 0.25) is 0 Å². The molecule has 0 aliphatic carbocycles. The van der Waals surface area contributed by atoms with Gasteiger partial charge in [-0.25, -0.2) is 4.98 Å². The lowest BCUT2D eigenvalue weighted by Crippen LogP contribution is -2.37. The standard InChI is InChI=1S/C12H19N3O2/c1-9(2)16-11-5-7-14-12(15-11)17-10-4-3-6-13-8-10/h5,7,9-10,13H,3-4,6,8H2,1-2H3/t10-/m0/s1. The fraction of sp³-hybridized carbons (Fsp3) is 0.667. The molecule has 1 N–H and O–H groups in total. The van der Waals surface area contributed by atoms with Crippen LogP contribution in [0.5, 0.6) is 11.9 Å². The summed E-state index contributed by atoms with van der Waals surface area (Å²) in [5, 5.41) is 3.29. The van der Waals surface area contributed by atoms with Crippen molar-refractivity contribution in [2.45, 2.75) is 38.9 Å². The summed E-state index contributed by atoms with van der Waals surface area (Å²) in [5.74, 6) is 0.564. The van der Waals surface area contributed by atoms with Crippen LogP contribution in [0, 0.1) is 0 Å². The van der Waals surface area contributed by atoms with Crippen LogP contribution in [0.1, 0.15) is 26.7 Å². The maximum Gasteiger partial charge on any atom is 0.319 e. The smallest absolute Gasteiger partial charge is 0.319 e. The molecular formula is C12H19N3O2. The van der Waals surface area contributed by atoms with Crippen LogP contribution in [-0.4, -0.2) is 35.3 Å². The second-order valence-electron chi connectivity index (χ2n) is 4.43. The summed E-state index contributed by atoms with van der Waals surface area (Å²) in [6, 6.07) is 2.14. The Morgan fingerprint density at radius 3 is 3.06 bits per heavy atom. The molecule has 0 unspecified atom stereocenters. The van der Waals surface area contributed by atoms with Crippen LogP contribution >= 0.6 is 0 Å². The van der Waals surface area contributed by atoms with Crippen LogP contribution in [0.15, 0.2) is 12.3 Å². The molecule has 2 rings (SSSR count). The van der Waals surface area contributed by atoms with Crippen molar-refractivity contribution < 1.29 is 9.47 Å². The van der Waals surface area contributed by atoms with Gasteiger partial charge in [0.25, 0.3) is 0 Å². The zero-order chi connectivity index (χ0) is 12.1. The fourth-order valence-corrected chi connectivity index (χ4v) is 1.76. The minimum Gasteiger partial charge on any atom is -0.475 e. The number of piperidine rings is 1. The third-order valence-electron chi connectivity index (χ3n) is 2.49. The first-order valence-corrected chi connectivity index (χ1v) is 6.11. The van der Waals surface area contributed by atoms with E-state index < -0.39 is 0 Å². The zero-order valence-corrected chi connectivity index (χ0v) is 10.3. The van der Waals surface area contributed by atoms with E-state index in [1.165, 1.54) is 0 Å². The molecule has 0 spiro atoms. The van der Waals surface area contributed by atoms with Gasteiger partial charge in [-0.05, 0) is 33.2 Å². The lowest BCUT2D eigenvalue weighted by Gasteiger charge is -2.22. The van der Waals surface area contributed by atoms with Gasteiger partial charge in [0.05, 0.1) is 6.10 Å². The molecule has 1 aromatic heterocycles. The first-order valence-electron chi connectivity index (χ1n) is 6.11. The normalized spacial score (nSPS) is 20.3. The zero-order valence-electron chi connectivity index (χ0n) is 10.3. The number of nitrogens with zero attached hydrogens (tertiary/aromatic N) is 2. The van der Waals surface area contributed by atoms with Crippen molar-refractivity contribution in [1.82, 2.24) is 15.3 Å². The SMILES string of the molecule is CC(C)Oc1ccnc(O[C@H]2CCCNC2)n1. The van der Waals surface area contributed by atoms with Crippen LogP contribution in [0.3, 0.4) is 0 Å². The van der Waals surface area contributed by atoms with Gasteiger partial charge in [-0.15, -0.1) is 0 Å². The predicted molar refractivity (Wildman–Crippen MR) is 64.3 cm³/mol. The second kappa shape index (κ2) is 5.82. The van der Waals surface area contributed by atoms with Crippen LogP contribution in [0.4, 0.5) is 0 Å². The molecule has 0 aromatic carbocycles. The van der Waals surface area contributed by atoms with E-state index in [1.807, 2.05) is 13.8 Å². The Morgan fingerprint density at radius 1 is 1.47 bits per heavy atom. The maximum atomic E-state index is 5.71. The molecule has 5 heteroatoms. The molecule has 0 amide bonds. The number of nitrogens with one attached hydrogen (secondary N) is 1. The van der Waals surface area contributed by atoms with Crippen molar-refractivity contribution in [3.05, 3.63) is 12.3 Å². The van der Waals surface area contributed by atoms with Crippen molar-refractivity contribution in [2.24, 2.45) is 0 Å². The molecule has 17 heavy (non-hydrogen) atoms. The molecule has 0 saturated carbocycles. The van der Waals surface area contributed by atoms with E-state index in [0.717, 1.165) is 25.9 Å². The van der Waals surface area contributed by atoms with Gasteiger partial charge in [0.2, 0.25) is 5.88 Å². The molecule has 1 aliphatic rings. The van der Waals surface area contributed by atoms with Crippen molar-refractivity contribution in [3.63, 3.8) is 0 Å². The number of hydrogen-bond acceptors (Lipinski definition) is 5. The molecule has 0 bridgehead atoms. The van der Waals surface area contributed by atoms with Crippen LogP contribution in [0.25, 0.3) is 0 Å². The summed E-state index contributed by atoms with van der Waals surface area (Å²) >= 11 is 0. The first-order chi connectivity index (χ1) is 8.24. The van der Waals surface area contributed by atoms with Crippen molar-refractivity contribution >= 4 is 0 Å². The predicted octanol–water partition coefficient (Wildman–Crippen LogP) is 1.39. The molecule has 1 aliphatic heterocycles. The topological polar surface area (TPSA) is 56.3 Å². The van der Waals surface area contributed by atoms with Gasteiger partial charge in [-0.1, -0.05) is 0 Å². The average Bonchev–Trinajstić information content (AvgIpc) is 2.30. The summed E-state index contributed by atoms with van der Waals surface area (Å²) < 4.78 is 11.2. The molecule has 0 radical (unpaired) electrons. The minimum absolute atomic E-state index is 0.106. The monoisotopic (exact) mass is 237 g/mol. The highest BCUT2D eigenvalue weighted by Gasteiger charge is 2.15. The first kappa shape index (κ1) is 12.1. The third-order valence-corrected chi connectivity index (χ3v) is 2.49. The van der Waals surface area contributed by atoms with Gasteiger partial charge in [0.1, 0.15) is 6.10 Å². The van der Waals surface area contributed by atoms with Gasteiger partial charge >= 0.3 is 6.01 Å². The number of rotatable bonds is 4. The number of hydrogen-bond donors (Lipinski definition) is 1. The highest BCUT2D eigenvalue weighted by atomic mass is 16.5. The average molecular weight is 237 g/mol. The number of ether oxygens (including phenoxy) is 2. The van der Waals surface area contributed by atoms with E-state index in [-0.39, 0.29) is 12.2 Å². The minimum atomic E-state index is 0.106. The third kappa shape index (κ3) is 3.85. The molecule has 1 fully saturated rings. The molecular weight excluding hydrogens is 218 g/mol. The van der Waals surface area contributed by atoms with Gasteiger partial charge in [-0.3, -0.25) is 0 Å². The molecule has 94 valence electrons. The Hall–Kier alpha value is -1.36. The second-order valence-corrected chi connectivity index (χ2v) is 4.43. The van der Waals surface area contributed by atoms with Crippen molar-refractivity contribution in [2.75, 3.05) is 13.1 Å². The van der Waals surface area contributed by atoms with Crippen LogP contribution in [-0.2, 0) is 0 Å². The highest BCUT2D eigenvalue weighted by molar-refractivity contribution is 5.11. The van der Waals surface area contributed by atoms with Gasteiger partial charge in [0, 0.05) is 18.8 Å². The summed E-state index contributed by atoms with van der Waals surface area (Å²) in [6.45, 7) is 5.86. The molecule has 1 atom stereocenters. The molecule has 5 nitrogen and oxygen atoms in total. The number of aromatic nitrogens is 2. The van der Waals surface area contributed by atoms with E-state index in [0.29, 0.717) is 11.9 Å². The summed E-state index contributed by atoms with van der Waals surface area (Å²) in [7, 11) is 0. The van der Waals surface area contributed by atoms with Gasteiger partial charge in [-0.2, -0.15) is 4.98 Å². The van der Waals surface area contributed by atoms with Gasteiger partial charge < -0.3 is 14.8 Å². The summed E-state index contributed by atoms with van der Waals surface area (Å²) in [5.41, 5.74) is 0. The van der Waals surface area contributed by atoms with Crippen molar-refractivity contribution in [3.8, 4) is 11.9 Å². The van der Waals surface area contributed by atoms with Crippen molar-refractivity contribution in [1.29, 1.82) is 0 Å². The molecule has 1 aromatic rings. The molecule has 1 saturated heterocycles. The Bertz CT molecular complexity index is 351. The summed E-state index contributed by atoms with van der Waals surface area (Å²) in [4.78, 5) is 8.32. The maximum absolute atomic E-state index is 5.71.